The molecular weight excluding hydrogens is 484 g/mol. The molecular formula is C24H18ClF2N3O5. The van der Waals surface area contributed by atoms with E-state index < -0.39 is 24.3 Å². The number of furan rings is 1. The summed E-state index contributed by atoms with van der Waals surface area (Å²) in [5, 5.41) is 5.17. The van der Waals surface area contributed by atoms with Gasteiger partial charge in [-0.15, -0.1) is 8.78 Å². The predicted octanol–water partition coefficient (Wildman–Crippen LogP) is 4.99. The number of benzene rings is 2. The van der Waals surface area contributed by atoms with E-state index in [1.54, 1.807) is 19.1 Å². The maximum absolute atomic E-state index is 13.4. The molecule has 1 amide bonds. The lowest BCUT2D eigenvalue weighted by atomic mass is 10.0. The van der Waals surface area contributed by atoms with Gasteiger partial charge in [0.15, 0.2) is 17.1 Å². The number of halogens is 3. The monoisotopic (exact) mass is 501 g/mol. The summed E-state index contributed by atoms with van der Waals surface area (Å²) >= 11 is 6.18. The van der Waals surface area contributed by atoms with E-state index in [1.165, 1.54) is 35.4 Å². The van der Waals surface area contributed by atoms with Crippen LogP contribution in [0.4, 0.5) is 14.5 Å². The third-order valence-electron chi connectivity index (χ3n) is 5.62. The molecule has 3 heterocycles. The van der Waals surface area contributed by atoms with E-state index in [0.717, 1.165) is 10.2 Å². The number of nitrogens with zero attached hydrogens (tertiary/aromatic N) is 3. The van der Waals surface area contributed by atoms with E-state index in [0.29, 0.717) is 22.0 Å². The molecule has 0 fully saturated rings. The van der Waals surface area contributed by atoms with Gasteiger partial charge in [-0.2, -0.15) is 5.10 Å². The molecule has 1 aliphatic heterocycles. The number of aromatic nitrogens is 2. The molecule has 0 radical (unpaired) electrons. The highest BCUT2D eigenvalue weighted by molar-refractivity contribution is 6.31. The van der Waals surface area contributed by atoms with Gasteiger partial charge in [0.25, 0.3) is 5.56 Å². The fraction of sp³-hybridized carbons (Fsp3) is 0.208. The second-order valence-corrected chi connectivity index (χ2v) is 8.31. The van der Waals surface area contributed by atoms with E-state index in [4.69, 9.17) is 16.0 Å². The summed E-state index contributed by atoms with van der Waals surface area (Å²) in [6.45, 7) is 3.39. The minimum absolute atomic E-state index is 0.132. The van der Waals surface area contributed by atoms with Crippen LogP contribution in [0.15, 0.2) is 57.9 Å². The zero-order valence-corrected chi connectivity index (χ0v) is 19.3. The lowest BCUT2D eigenvalue weighted by Gasteiger charge is -2.21. The van der Waals surface area contributed by atoms with Gasteiger partial charge in [-0.05, 0) is 49.7 Å². The van der Waals surface area contributed by atoms with Gasteiger partial charge in [0.05, 0.1) is 11.6 Å². The molecule has 11 heteroatoms. The number of likely N-dealkylation sites (N-methyl/N-ethyl adjacent to an activating group) is 1. The lowest BCUT2D eigenvalue weighted by molar-refractivity contribution is -0.286. The zero-order valence-electron chi connectivity index (χ0n) is 18.5. The number of alkyl halides is 2. The van der Waals surface area contributed by atoms with Crippen LogP contribution in [0.5, 0.6) is 11.5 Å². The van der Waals surface area contributed by atoms with Crippen molar-refractivity contribution in [1.82, 2.24) is 9.78 Å². The van der Waals surface area contributed by atoms with Crippen LogP contribution in [0.25, 0.3) is 22.2 Å². The zero-order chi connectivity index (χ0) is 24.9. The molecule has 4 aromatic rings. The Hall–Kier alpha value is -3.92. The van der Waals surface area contributed by atoms with E-state index in [2.05, 4.69) is 14.6 Å². The molecule has 8 nitrogen and oxygen atoms in total. The summed E-state index contributed by atoms with van der Waals surface area (Å²) in [5.41, 5.74) is 1.96. The van der Waals surface area contributed by atoms with Crippen LogP contribution in [0.2, 0.25) is 5.02 Å². The van der Waals surface area contributed by atoms with Gasteiger partial charge in [-0.25, -0.2) is 4.68 Å². The van der Waals surface area contributed by atoms with Crippen molar-refractivity contribution in [1.29, 1.82) is 0 Å². The van der Waals surface area contributed by atoms with Crippen LogP contribution >= 0.6 is 11.6 Å². The Morgan fingerprint density at radius 1 is 1.14 bits per heavy atom. The van der Waals surface area contributed by atoms with Crippen LogP contribution in [0, 0.1) is 6.92 Å². The first kappa shape index (κ1) is 22.9. The summed E-state index contributed by atoms with van der Waals surface area (Å²) < 4.78 is 42.3. The molecule has 0 unspecified atom stereocenters. The molecule has 0 bridgehead atoms. The SMILES string of the molecule is CCN(C(=O)Cn1nc(-c2cc(Cl)ccc2C)c2occc2c1=O)c1ccc2c(c1)OC(F)(F)O2. The van der Waals surface area contributed by atoms with Crippen molar-refractivity contribution in [2.45, 2.75) is 26.7 Å². The summed E-state index contributed by atoms with van der Waals surface area (Å²) in [4.78, 5) is 27.6. The van der Waals surface area contributed by atoms with Crippen molar-refractivity contribution < 1.29 is 27.5 Å². The molecule has 0 N–H and O–H groups in total. The third-order valence-corrected chi connectivity index (χ3v) is 5.85. The Balaban J connectivity index is 1.52. The average Bonchev–Trinajstić information content (AvgIpc) is 3.41. The second kappa shape index (κ2) is 8.38. The maximum Gasteiger partial charge on any atom is 0.586 e. The molecule has 2 aromatic carbocycles. The van der Waals surface area contributed by atoms with Crippen molar-refractivity contribution in [3.05, 3.63) is 69.7 Å². The molecule has 35 heavy (non-hydrogen) atoms. The maximum atomic E-state index is 13.4. The Labute approximate surface area is 202 Å². The standard InChI is InChI=1S/C24H18ClF2N3O5/c1-3-29(15-6-7-18-19(11-15)35-24(26,27)34-18)20(31)12-30-23(32)16-8-9-33-22(16)21(28-30)17-10-14(25)5-4-13(17)2/h4-11H,3,12H2,1-2H3. The summed E-state index contributed by atoms with van der Waals surface area (Å²) in [5.74, 6) is -0.802. The van der Waals surface area contributed by atoms with Gasteiger partial charge < -0.3 is 18.8 Å². The largest absolute Gasteiger partial charge is 0.586 e. The van der Waals surface area contributed by atoms with E-state index in [1.807, 2.05) is 13.0 Å². The number of anilines is 1. The van der Waals surface area contributed by atoms with Gasteiger partial charge in [0, 0.05) is 28.9 Å². The van der Waals surface area contributed by atoms with Crippen LogP contribution in [-0.4, -0.2) is 28.5 Å². The van der Waals surface area contributed by atoms with E-state index in [9.17, 15) is 18.4 Å². The first-order valence-electron chi connectivity index (χ1n) is 10.6. The third kappa shape index (κ3) is 4.10. The van der Waals surface area contributed by atoms with Crippen LogP contribution in [-0.2, 0) is 11.3 Å². The topological polar surface area (TPSA) is 86.8 Å². The summed E-state index contributed by atoms with van der Waals surface area (Å²) in [7, 11) is 0. The van der Waals surface area contributed by atoms with Gasteiger partial charge in [-0.1, -0.05) is 17.7 Å². The molecule has 0 aliphatic carbocycles. The number of fused-ring (bicyclic) bond motifs is 2. The Morgan fingerprint density at radius 3 is 2.69 bits per heavy atom. The average molecular weight is 502 g/mol. The van der Waals surface area contributed by atoms with Crippen molar-refractivity contribution in [2.75, 3.05) is 11.4 Å². The fourth-order valence-electron chi connectivity index (χ4n) is 3.97. The number of rotatable bonds is 5. The summed E-state index contributed by atoms with van der Waals surface area (Å²) in [6, 6.07) is 10.8. The molecule has 5 rings (SSSR count). The number of hydrogen-bond acceptors (Lipinski definition) is 6. The Morgan fingerprint density at radius 2 is 1.91 bits per heavy atom. The highest BCUT2D eigenvalue weighted by atomic mass is 35.5. The number of carbonyl (C=O) groups is 1. The Kier molecular flexibility index (Phi) is 5.47. The molecule has 0 saturated carbocycles. The number of amides is 1. The molecule has 0 saturated heterocycles. The van der Waals surface area contributed by atoms with E-state index >= 15 is 0 Å². The van der Waals surface area contributed by atoms with Gasteiger partial charge in [-0.3, -0.25) is 9.59 Å². The van der Waals surface area contributed by atoms with Crippen molar-refractivity contribution in [3.63, 3.8) is 0 Å². The number of hydrogen-bond donors (Lipinski definition) is 0. The quantitative estimate of drug-likeness (QED) is 0.383. The minimum atomic E-state index is -3.77. The van der Waals surface area contributed by atoms with Gasteiger partial charge in [0.2, 0.25) is 5.91 Å². The van der Waals surface area contributed by atoms with Crippen LogP contribution < -0.4 is 19.9 Å². The van der Waals surface area contributed by atoms with Crippen molar-refractivity contribution in [2.24, 2.45) is 0 Å². The first-order valence-corrected chi connectivity index (χ1v) is 11.0. The Bertz CT molecular complexity index is 1530. The molecule has 1 aliphatic rings. The smallest absolute Gasteiger partial charge is 0.462 e. The lowest BCUT2D eigenvalue weighted by Crippen LogP contribution is -2.37. The second-order valence-electron chi connectivity index (χ2n) is 7.87. The van der Waals surface area contributed by atoms with E-state index in [-0.39, 0.29) is 29.0 Å². The van der Waals surface area contributed by atoms with Crippen molar-refractivity contribution >= 4 is 34.2 Å². The fourth-order valence-corrected chi connectivity index (χ4v) is 4.14. The predicted molar refractivity (Wildman–Crippen MR) is 124 cm³/mol. The summed E-state index contributed by atoms with van der Waals surface area (Å²) in [6.07, 6.45) is -2.39. The molecule has 180 valence electrons. The van der Waals surface area contributed by atoms with Crippen LogP contribution in [0.3, 0.4) is 0 Å². The highest BCUT2D eigenvalue weighted by Crippen LogP contribution is 2.43. The number of ether oxygens (including phenoxy) is 2. The number of aryl methyl sites for hydroxylation is 1. The van der Waals surface area contributed by atoms with Crippen molar-refractivity contribution in [3.8, 4) is 22.8 Å². The van der Waals surface area contributed by atoms with Gasteiger partial charge >= 0.3 is 6.29 Å². The molecule has 0 spiro atoms. The van der Waals surface area contributed by atoms with Crippen LogP contribution in [0.1, 0.15) is 12.5 Å². The first-order chi connectivity index (χ1) is 16.7. The number of carbonyl (C=O) groups excluding carboxylic acids is 1. The molecule has 0 atom stereocenters. The van der Waals surface area contributed by atoms with Gasteiger partial charge in [0.1, 0.15) is 12.2 Å². The molecule has 2 aromatic heterocycles. The highest BCUT2D eigenvalue weighted by Gasteiger charge is 2.43. The normalized spacial score (nSPS) is 13.9. The minimum Gasteiger partial charge on any atom is -0.462 e.